The number of anilines is 2. The Hall–Kier alpha value is -4.08. The molecule has 0 saturated carbocycles. The van der Waals surface area contributed by atoms with Gasteiger partial charge in [-0.15, -0.1) is 0 Å². The van der Waals surface area contributed by atoms with E-state index in [9.17, 15) is 4.79 Å². The minimum atomic E-state index is -0.349. The van der Waals surface area contributed by atoms with Crippen LogP contribution >= 0.6 is 0 Å². The molecule has 10 heteroatoms. The number of hydrogen-bond acceptors (Lipinski definition) is 8. The Morgan fingerprint density at radius 1 is 1.18 bits per heavy atom. The predicted octanol–water partition coefficient (Wildman–Crippen LogP) is 3.54. The Balaban J connectivity index is 1.43. The molecule has 0 saturated heterocycles. The van der Waals surface area contributed by atoms with Gasteiger partial charge in [0.05, 0.1) is 17.6 Å². The van der Waals surface area contributed by atoms with Crippen LogP contribution in [0.2, 0.25) is 0 Å². The van der Waals surface area contributed by atoms with Gasteiger partial charge in [-0.25, -0.2) is 15.0 Å². The summed E-state index contributed by atoms with van der Waals surface area (Å²) in [6.45, 7) is 8.37. The lowest BCUT2D eigenvalue weighted by atomic mass is 9.93. The molecule has 1 amide bonds. The summed E-state index contributed by atoms with van der Waals surface area (Å²) in [5.74, 6) is 0.692. The second kappa shape index (κ2) is 8.81. The lowest BCUT2D eigenvalue weighted by molar-refractivity contribution is 0.0916. The molecule has 170 valence electrons. The van der Waals surface area contributed by atoms with E-state index in [2.05, 4.69) is 35.7 Å². The third-order valence-corrected chi connectivity index (χ3v) is 5.04. The first kappa shape index (κ1) is 22.1. The molecular weight excluding hydrogens is 420 g/mol. The topological polar surface area (TPSA) is 124 Å². The summed E-state index contributed by atoms with van der Waals surface area (Å²) in [6, 6.07) is 5.84. The van der Waals surface area contributed by atoms with E-state index in [1.165, 1.54) is 12.6 Å². The van der Waals surface area contributed by atoms with Crippen molar-refractivity contribution in [1.29, 1.82) is 0 Å². The molecule has 0 aliphatic rings. The quantitative estimate of drug-likeness (QED) is 0.461. The Morgan fingerprint density at radius 3 is 2.67 bits per heavy atom. The van der Waals surface area contributed by atoms with E-state index in [1.807, 2.05) is 59.1 Å². The number of benzene rings is 1. The van der Waals surface area contributed by atoms with Crippen molar-refractivity contribution in [3.63, 3.8) is 0 Å². The molecule has 1 aromatic carbocycles. The zero-order valence-electron chi connectivity index (χ0n) is 19.2. The van der Waals surface area contributed by atoms with Crippen LogP contribution < -0.4 is 10.6 Å². The molecule has 4 aromatic rings. The summed E-state index contributed by atoms with van der Waals surface area (Å²) in [5, 5.41) is 10.1. The fourth-order valence-electron chi connectivity index (χ4n) is 3.12. The van der Waals surface area contributed by atoms with Gasteiger partial charge in [-0.3, -0.25) is 9.48 Å². The first-order chi connectivity index (χ1) is 15.7. The molecule has 33 heavy (non-hydrogen) atoms. The van der Waals surface area contributed by atoms with Crippen molar-refractivity contribution >= 4 is 17.5 Å². The van der Waals surface area contributed by atoms with Crippen LogP contribution in [-0.4, -0.2) is 35.6 Å². The van der Waals surface area contributed by atoms with E-state index >= 15 is 0 Å². The Kier molecular flexibility index (Phi) is 5.91. The number of nitrogens with one attached hydrogen (secondary N) is 2. The van der Waals surface area contributed by atoms with Gasteiger partial charge in [-0.2, -0.15) is 10.1 Å². The molecule has 0 atom stereocenters. The lowest BCUT2D eigenvalue weighted by Crippen LogP contribution is -2.24. The summed E-state index contributed by atoms with van der Waals surface area (Å²) in [5.41, 5.74) is 4.16. The molecule has 3 aromatic heterocycles. The standard InChI is InChI=1S/C23H26N8O2/c1-14-8-15(19-25-13-26-22(30-19)28-17-10-27-31(5)11-17)6-7-16(14)9-24-20(32)21-29-18(12-33-21)23(2,3)4/h6-8,10-13H,9H2,1-5H3,(H,24,32)(H,25,26,28,30). The molecule has 4 rings (SSSR count). The van der Waals surface area contributed by atoms with Crippen molar-refractivity contribution in [3.05, 3.63) is 65.9 Å². The minimum absolute atomic E-state index is 0.0630. The van der Waals surface area contributed by atoms with Gasteiger partial charge < -0.3 is 15.1 Å². The van der Waals surface area contributed by atoms with Crippen molar-refractivity contribution in [2.75, 3.05) is 5.32 Å². The van der Waals surface area contributed by atoms with Crippen LogP contribution in [0.4, 0.5) is 11.6 Å². The van der Waals surface area contributed by atoms with E-state index in [-0.39, 0.29) is 17.2 Å². The van der Waals surface area contributed by atoms with Gasteiger partial charge in [0, 0.05) is 30.8 Å². The van der Waals surface area contributed by atoms with Crippen molar-refractivity contribution in [1.82, 2.24) is 35.0 Å². The maximum absolute atomic E-state index is 12.4. The number of carbonyl (C=O) groups excluding carboxylic acids is 1. The third kappa shape index (κ3) is 5.22. The van der Waals surface area contributed by atoms with Gasteiger partial charge in [-0.05, 0) is 24.1 Å². The van der Waals surface area contributed by atoms with Gasteiger partial charge in [-0.1, -0.05) is 32.9 Å². The Morgan fingerprint density at radius 2 is 2.00 bits per heavy atom. The first-order valence-corrected chi connectivity index (χ1v) is 10.5. The van der Waals surface area contributed by atoms with Crippen molar-refractivity contribution < 1.29 is 9.21 Å². The number of aromatic nitrogens is 6. The largest absolute Gasteiger partial charge is 0.441 e. The summed E-state index contributed by atoms with van der Waals surface area (Å²) >= 11 is 0. The maximum atomic E-state index is 12.4. The monoisotopic (exact) mass is 446 g/mol. The average Bonchev–Trinajstić information content (AvgIpc) is 3.42. The van der Waals surface area contributed by atoms with Crippen LogP contribution in [-0.2, 0) is 19.0 Å². The molecule has 0 aliphatic heterocycles. The van der Waals surface area contributed by atoms with Gasteiger partial charge in [0.1, 0.15) is 12.6 Å². The lowest BCUT2D eigenvalue weighted by Gasteiger charge is -2.13. The molecule has 10 nitrogen and oxygen atoms in total. The van der Waals surface area contributed by atoms with Crippen LogP contribution in [0.5, 0.6) is 0 Å². The zero-order valence-corrected chi connectivity index (χ0v) is 19.2. The summed E-state index contributed by atoms with van der Waals surface area (Å²) < 4.78 is 7.04. The normalized spacial score (nSPS) is 11.4. The predicted molar refractivity (Wildman–Crippen MR) is 123 cm³/mol. The molecule has 2 N–H and O–H groups in total. The van der Waals surface area contributed by atoms with Crippen LogP contribution in [0.1, 0.15) is 48.3 Å². The van der Waals surface area contributed by atoms with Gasteiger partial charge in [0.25, 0.3) is 5.89 Å². The van der Waals surface area contributed by atoms with Crippen molar-refractivity contribution in [2.24, 2.45) is 7.05 Å². The van der Waals surface area contributed by atoms with Gasteiger partial charge in [0.2, 0.25) is 5.95 Å². The van der Waals surface area contributed by atoms with Crippen molar-refractivity contribution in [3.8, 4) is 11.4 Å². The number of hydrogen-bond donors (Lipinski definition) is 2. The second-order valence-electron chi connectivity index (χ2n) is 8.77. The number of aryl methyl sites for hydroxylation is 2. The van der Waals surface area contributed by atoms with Gasteiger partial charge >= 0.3 is 5.91 Å². The molecule has 0 radical (unpaired) electrons. The molecule has 0 aliphatic carbocycles. The summed E-state index contributed by atoms with van der Waals surface area (Å²) in [6.07, 6.45) is 6.52. The summed E-state index contributed by atoms with van der Waals surface area (Å²) in [7, 11) is 1.84. The minimum Gasteiger partial charge on any atom is -0.441 e. The molecule has 0 fully saturated rings. The Labute approximate surface area is 191 Å². The number of rotatable bonds is 6. The number of amides is 1. The fourth-order valence-corrected chi connectivity index (χ4v) is 3.12. The highest BCUT2D eigenvalue weighted by atomic mass is 16.4. The molecule has 3 heterocycles. The van der Waals surface area contributed by atoms with E-state index in [0.717, 1.165) is 28.1 Å². The van der Waals surface area contributed by atoms with E-state index in [4.69, 9.17) is 4.42 Å². The first-order valence-electron chi connectivity index (χ1n) is 10.5. The average molecular weight is 447 g/mol. The fraction of sp³-hybridized carbons (Fsp3) is 0.304. The van der Waals surface area contributed by atoms with E-state index < -0.39 is 0 Å². The zero-order chi connectivity index (χ0) is 23.6. The van der Waals surface area contributed by atoms with Crippen LogP contribution in [0, 0.1) is 6.92 Å². The Bertz CT molecular complexity index is 1290. The molecule has 0 bridgehead atoms. The highest BCUT2D eigenvalue weighted by molar-refractivity contribution is 5.89. The highest BCUT2D eigenvalue weighted by Gasteiger charge is 2.21. The SMILES string of the molecule is Cc1cc(-c2ncnc(Nc3cnn(C)c3)n2)ccc1CNC(=O)c1nc(C(C)(C)C)co1. The van der Waals surface area contributed by atoms with Crippen LogP contribution in [0.15, 0.2) is 47.6 Å². The maximum Gasteiger partial charge on any atom is 0.307 e. The third-order valence-electron chi connectivity index (χ3n) is 5.04. The highest BCUT2D eigenvalue weighted by Crippen LogP contribution is 2.22. The molecule has 0 spiro atoms. The molecular formula is C23H26N8O2. The van der Waals surface area contributed by atoms with Gasteiger partial charge in [0.15, 0.2) is 5.82 Å². The number of nitrogens with zero attached hydrogens (tertiary/aromatic N) is 6. The second-order valence-corrected chi connectivity index (χ2v) is 8.77. The van der Waals surface area contributed by atoms with Crippen LogP contribution in [0.25, 0.3) is 11.4 Å². The molecule has 0 unspecified atom stereocenters. The summed E-state index contributed by atoms with van der Waals surface area (Å²) in [4.78, 5) is 29.7. The van der Waals surface area contributed by atoms with E-state index in [0.29, 0.717) is 18.3 Å². The smallest absolute Gasteiger partial charge is 0.307 e. The van der Waals surface area contributed by atoms with Crippen LogP contribution in [0.3, 0.4) is 0 Å². The number of oxazole rings is 1. The van der Waals surface area contributed by atoms with E-state index in [1.54, 1.807) is 10.9 Å². The van der Waals surface area contributed by atoms with Crippen molar-refractivity contribution in [2.45, 2.75) is 39.7 Å². The number of carbonyl (C=O) groups is 1.